The van der Waals surface area contributed by atoms with E-state index in [0.717, 1.165) is 18.6 Å². The van der Waals surface area contributed by atoms with Gasteiger partial charge in [-0.1, -0.05) is 42.0 Å². The molecule has 2 heteroatoms. The topological polar surface area (TPSA) is 20.2 Å². The van der Waals surface area contributed by atoms with Crippen LogP contribution < -0.4 is 0 Å². The third-order valence-electron chi connectivity index (χ3n) is 3.98. The third kappa shape index (κ3) is 3.08. The van der Waals surface area contributed by atoms with Crippen molar-refractivity contribution >= 4 is 11.8 Å². The zero-order chi connectivity index (χ0) is 13.9. The molecule has 2 aromatic rings. The van der Waals surface area contributed by atoms with Gasteiger partial charge in [0.25, 0.3) is 0 Å². The van der Waals surface area contributed by atoms with Gasteiger partial charge in [0.1, 0.15) is 0 Å². The average molecular weight is 284 g/mol. The van der Waals surface area contributed by atoms with Crippen molar-refractivity contribution in [1.29, 1.82) is 0 Å². The molecule has 0 amide bonds. The Morgan fingerprint density at radius 1 is 1.15 bits per heavy atom. The molecule has 1 aliphatic carbocycles. The van der Waals surface area contributed by atoms with Gasteiger partial charge in [-0.15, -0.1) is 11.8 Å². The number of benzene rings is 2. The van der Waals surface area contributed by atoms with Gasteiger partial charge in [-0.2, -0.15) is 0 Å². The van der Waals surface area contributed by atoms with Crippen molar-refractivity contribution in [2.24, 2.45) is 0 Å². The highest BCUT2D eigenvalue weighted by molar-refractivity contribution is 7.99. The second-order valence-electron chi connectivity index (χ2n) is 5.61. The predicted octanol–water partition coefficient (Wildman–Crippen LogP) is 4.18. The minimum Gasteiger partial charge on any atom is -0.392 e. The van der Waals surface area contributed by atoms with E-state index in [1.807, 2.05) is 0 Å². The van der Waals surface area contributed by atoms with Crippen LogP contribution in [0.2, 0.25) is 0 Å². The Hall–Kier alpha value is -1.25. The molecule has 2 atom stereocenters. The Kier molecular flexibility index (Phi) is 4.13. The molecule has 1 N–H and O–H groups in total. The van der Waals surface area contributed by atoms with Crippen LogP contribution in [0.5, 0.6) is 0 Å². The Labute approximate surface area is 125 Å². The van der Waals surface area contributed by atoms with Gasteiger partial charge in [-0.3, -0.25) is 0 Å². The molecule has 0 aliphatic heterocycles. The summed E-state index contributed by atoms with van der Waals surface area (Å²) < 4.78 is 0. The van der Waals surface area contributed by atoms with E-state index in [0.29, 0.717) is 5.92 Å². The van der Waals surface area contributed by atoms with E-state index in [9.17, 15) is 5.11 Å². The summed E-state index contributed by atoms with van der Waals surface area (Å²) in [5.74, 6) is 1.33. The highest BCUT2D eigenvalue weighted by Gasteiger charge is 2.27. The second-order valence-corrected chi connectivity index (χ2v) is 6.71. The van der Waals surface area contributed by atoms with E-state index in [-0.39, 0.29) is 6.10 Å². The molecule has 1 nitrogen and oxygen atoms in total. The summed E-state index contributed by atoms with van der Waals surface area (Å²) in [6, 6.07) is 17.1. The molecular formula is C18H20OS. The van der Waals surface area contributed by atoms with Crippen LogP contribution in [0.1, 0.15) is 29.0 Å². The van der Waals surface area contributed by atoms with Gasteiger partial charge in [0.2, 0.25) is 0 Å². The van der Waals surface area contributed by atoms with Crippen LogP contribution in [0.25, 0.3) is 0 Å². The van der Waals surface area contributed by atoms with E-state index in [1.165, 1.54) is 21.6 Å². The lowest BCUT2D eigenvalue weighted by Gasteiger charge is -2.31. The van der Waals surface area contributed by atoms with Crippen LogP contribution in [0.4, 0.5) is 0 Å². The number of thioether (sulfide) groups is 1. The lowest BCUT2D eigenvalue weighted by molar-refractivity contribution is 0.175. The minimum atomic E-state index is -0.223. The van der Waals surface area contributed by atoms with Crippen LogP contribution in [0, 0.1) is 6.92 Å². The van der Waals surface area contributed by atoms with Gasteiger partial charge in [-0.25, -0.2) is 0 Å². The van der Waals surface area contributed by atoms with Gasteiger partial charge in [0.05, 0.1) is 6.10 Å². The van der Waals surface area contributed by atoms with Crippen LogP contribution in [-0.4, -0.2) is 17.0 Å². The number of hydrogen-bond acceptors (Lipinski definition) is 2. The van der Waals surface area contributed by atoms with Crippen molar-refractivity contribution < 1.29 is 5.11 Å². The number of aliphatic hydroxyl groups is 1. The molecule has 2 aromatic carbocycles. The van der Waals surface area contributed by atoms with Crippen LogP contribution in [0.15, 0.2) is 53.4 Å². The molecule has 1 aliphatic rings. The molecule has 0 spiro atoms. The molecular weight excluding hydrogens is 264 g/mol. The van der Waals surface area contributed by atoms with Crippen LogP contribution in [0.3, 0.4) is 0 Å². The first-order chi connectivity index (χ1) is 9.72. The summed E-state index contributed by atoms with van der Waals surface area (Å²) in [6.07, 6.45) is 1.79. The van der Waals surface area contributed by atoms with E-state index >= 15 is 0 Å². The van der Waals surface area contributed by atoms with E-state index in [4.69, 9.17) is 0 Å². The molecule has 2 unspecified atom stereocenters. The van der Waals surface area contributed by atoms with Crippen molar-refractivity contribution in [2.45, 2.75) is 36.7 Å². The summed E-state index contributed by atoms with van der Waals surface area (Å²) >= 11 is 1.75. The Morgan fingerprint density at radius 3 is 2.65 bits per heavy atom. The quantitative estimate of drug-likeness (QED) is 0.831. The summed E-state index contributed by atoms with van der Waals surface area (Å²) in [4.78, 5) is 1.24. The SMILES string of the molecule is Cc1ccc(SCC(O)CC2Cc3ccccc32)cc1. The number of hydrogen-bond donors (Lipinski definition) is 1. The summed E-state index contributed by atoms with van der Waals surface area (Å²) in [7, 11) is 0. The Morgan fingerprint density at radius 2 is 1.90 bits per heavy atom. The Balaban J connectivity index is 1.49. The summed E-state index contributed by atoms with van der Waals surface area (Å²) in [6.45, 7) is 2.09. The zero-order valence-corrected chi connectivity index (χ0v) is 12.6. The van der Waals surface area contributed by atoms with Gasteiger partial charge in [0.15, 0.2) is 0 Å². The van der Waals surface area contributed by atoms with Crippen molar-refractivity contribution in [3.8, 4) is 0 Å². The predicted molar refractivity (Wildman–Crippen MR) is 85.4 cm³/mol. The van der Waals surface area contributed by atoms with Gasteiger partial charge in [0, 0.05) is 10.6 Å². The lowest BCUT2D eigenvalue weighted by Crippen LogP contribution is -2.23. The van der Waals surface area contributed by atoms with Crippen LogP contribution in [-0.2, 0) is 6.42 Å². The molecule has 20 heavy (non-hydrogen) atoms. The minimum absolute atomic E-state index is 0.223. The van der Waals surface area contributed by atoms with Crippen molar-refractivity contribution in [3.63, 3.8) is 0 Å². The number of aryl methyl sites for hydroxylation is 1. The second kappa shape index (κ2) is 6.02. The Bertz CT molecular complexity index is 576. The highest BCUT2D eigenvalue weighted by Crippen LogP contribution is 2.38. The first-order valence-electron chi connectivity index (χ1n) is 7.17. The number of aliphatic hydroxyl groups excluding tert-OH is 1. The lowest BCUT2D eigenvalue weighted by atomic mass is 9.75. The first-order valence-corrected chi connectivity index (χ1v) is 8.16. The zero-order valence-electron chi connectivity index (χ0n) is 11.8. The highest BCUT2D eigenvalue weighted by atomic mass is 32.2. The van der Waals surface area contributed by atoms with E-state index in [2.05, 4.69) is 55.5 Å². The number of fused-ring (bicyclic) bond motifs is 1. The maximum Gasteiger partial charge on any atom is 0.0640 e. The average Bonchev–Trinajstić information content (AvgIpc) is 2.44. The van der Waals surface area contributed by atoms with Gasteiger partial charge >= 0.3 is 0 Å². The molecule has 0 saturated heterocycles. The third-order valence-corrected chi connectivity index (χ3v) is 5.14. The fourth-order valence-corrected chi connectivity index (χ4v) is 3.65. The largest absolute Gasteiger partial charge is 0.392 e. The maximum absolute atomic E-state index is 10.2. The standard InChI is InChI=1S/C18H20OS/c1-13-6-8-17(9-7-13)20-12-16(19)11-15-10-14-4-2-3-5-18(14)15/h2-9,15-16,19H,10-12H2,1H3. The molecule has 0 fully saturated rings. The normalized spacial score (nSPS) is 18.2. The molecule has 3 rings (SSSR count). The monoisotopic (exact) mass is 284 g/mol. The smallest absolute Gasteiger partial charge is 0.0640 e. The summed E-state index contributed by atoms with van der Waals surface area (Å²) in [5.41, 5.74) is 4.17. The molecule has 0 radical (unpaired) electrons. The maximum atomic E-state index is 10.2. The fraction of sp³-hybridized carbons (Fsp3) is 0.333. The van der Waals surface area contributed by atoms with Crippen LogP contribution >= 0.6 is 11.8 Å². The van der Waals surface area contributed by atoms with E-state index < -0.39 is 0 Å². The molecule has 0 bridgehead atoms. The first kappa shape index (κ1) is 13.7. The molecule has 0 saturated carbocycles. The molecule has 0 aromatic heterocycles. The van der Waals surface area contributed by atoms with Gasteiger partial charge in [-0.05, 0) is 48.9 Å². The van der Waals surface area contributed by atoms with Crippen molar-refractivity contribution in [3.05, 3.63) is 65.2 Å². The molecule has 0 heterocycles. The van der Waals surface area contributed by atoms with Gasteiger partial charge < -0.3 is 5.11 Å². The van der Waals surface area contributed by atoms with E-state index in [1.54, 1.807) is 11.8 Å². The fourth-order valence-electron chi connectivity index (χ4n) is 2.80. The van der Waals surface area contributed by atoms with Crippen molar-refractivity contribution in [2.75, 3.05) is 5.75 Å². The number of rotatable bonds is 5. The molecule has 104 valence electrons. The van der Waals surface area contributed by atoms with Crippen molar-refractivity contribution in [1.82, 2.24) is 0 Å². The summed E-state index contributed by atoms with van der Waals surface area (Å²) in [5, 5.41) is 10.2.